The molecule has 19 heavy (non-hydrogen) atoms. The van der Waals surface area contributed by atoms with Gasteiger partial charge in [0.1, 0.15) is 5.75 Å². The Kier molecular flexibility index (Phi) is 4.07. The number of nitrogens with one attached hydrogen (secondary N) is 1. The fourth-order valence-electron chi connectivity index (χ4n) is 1.63. The number of halogens is 1. The van der Waals surface area contributed by atoms with Gasteiger partial charge in [-0.1, -0.05) is 29.8 Å². The predicted molar refractivity (Wildman–Crippen MR) is 75.5 cm³/mol. The van der Waals surface area contributed by atoms with E-state index in [2.05, 4.69) is 5.32 Å². The average molecular weight is 276 g/mol. The molecule has 0 radical (unpaired) electrons. The molecular formula is C15H14ClNO2. The summed E-state index contributed by atoms with van der Waals surface area (Å²) < 4.78 is 0. The molecule has 0 unspecified atom stereocenters. The normalized spacial score (nSPS) is 10.2. The Morgan fingerprint density at radius 1 is 1.21 bits per heavy atom. The lowest BCUT2D eigenvalue weighted by Gasteiger charge is -2.07. The number of rotatable bonds is 3. The van der Waals surface area contributed by atoms with Gasteiger partial charge in [0.25, 0.3) is 5.91 Å². The maximum absolute atomic E-state index is 11.9. The van der Waals surface area contributed by atoms with Crippen LogP contribution in [-0.2, 0) is 6.54 Å². The van der Waals surface area contributed by atoms with E-state index in [1.54, 1.807) is 36.4 Å². The molecule has 0 aliphatic rings. The second-order valence-electron chi connectivity index (χ2n) is 4.31. The molecule has 0 aliphatic heterocycles. The van der Waals surface area contributed by atoms with Crippen molar-refractivity contribution in [3.63, 3.8) is 0 Å². The molecule has 0 fully saturated rings. The fraction of sp³-hybridized carbons (Fsp3) is 0.133. The third kappa shape index (κ3) is 3.48. The summed E-state index contributed by atoms with van der Waals surface area (Å²) in [4.78, 5) is 11.9. The number of carbonyl (C=O) groups is 1. The van der Waals surface area contributed by atoms with Crippen LogP contribution in [-0.4, -0.2) is 11.0 Å². The molecule has 2 N–H and O–H groups in total. The molecule has 2 aromatic rings. The van der Waals surface area contributed by atoms with Crippen LogP contribution in [0.1, 0.15) is 21.5 Å². The van der Waals surface area contributed by atoms with E-state index in [4.69, 9.17) is 16.7 Å². The summed E-state index contributed by atoms with van der Waals surface area (Å²) >= 11 is 5.98. The van der Waals surface area contributed by atoms with Gasteiger partial charge in [0.05, 0.1) is 0 Å². The van der Waals surface area contributed by atoms with E-state index in [-0.39, 0.29) is 11.7 Å². The van der Waals surface area contributed by atoms with Crippen LogP contribution in [0.15, 0.2) is 42.5 Å². The first kappa shape index (κ1) is 13.4. The smallest absolute Gasteiger partial charge is 0.251 e. The maximum Gasteiger partial charge on any atom is 0.251 e. The zero-order valence-electron chi connectivity index (χ0n) is 10.5. The van der Waals surface area contributed by atoms with Crippen LogP contribution in [0, 0.1) is 6.92 Å². The van der Waals surface area contributed by atoms with E-state index in [1.807, 2.05) is 13.0 Å². The van der Waals surface area contributed by atoms with Crippen LogP contribution in [0.4, 0.5) is 0 Å². The molecule has 0 aromatic heterocycles. The molecule has 0 aliphatic carbocycles. The number of hydrogen-bond acceptors (Lipinski definition) is 2. The Balaban J connectivity index is 2.01. The Morgan fingerprint density at radius 2 is 1.89 bits per heavy atom. The SMILES string of the molecule is Cc1ccc(C(=O)NCc2ccc(O)cc2)cc1Cl. The third-order valence-electron chi connectivity index (χ3n) is 2.82. The molecule has 2 aromatic carbocycles. The highest BCUT2D eigenvalue weighted by Gasteiger charge is 2.07. The zero-order chi connectivity index (χ0) is 13.8. The van der Waals surface area contributed by atoms with Crippen LogP contribution in [0.2, 0.25) is 5.02 Å². The number of phenolic OH excluding ortho intramolecular Hbond substituents is 1. The molecule has 0 spiro atoms. The highest BCUT2D eigenvalue weighted by Crippen LogP contribution is 2.16. The van der Waals surface area contributed by atoms with Gasteiger partial charge in [-0.3, -0.25) is 4.79 Å². The standard InChI is InChI=1S/C15H14ClNO2/c1-10-2-5-12(8-14(10)16)15(19)17-9-11-3-6-13(18)7-4-11/h2-8,18H,9H2,1H3,(H,17,19). The summed E-state index contributed by atoms with van der Waals surface area (Å²) in [5.41, 5.74) is 2.40. The van der Waals surface area contributed by atoms with Crippen molar-refractivity contribution in [1.29, 1.82) is 0 Å². The maximum atomic E-state index is 11.9. The van der Waals surface area contributed by atoms with Gasteiger partial charge < -0.3 is 10.4 Å². The number of benzene rings is 2. The van der Waals surface area contributed by atoms with Gasteiger partial charge >= 0.3 is 0 Å². The number of aryl methyl sites for hydroxylation is 1. The van der Waals surface area contributed by atoms with Gasteiger partial charge in [-0.2, -0.15) is 0 Å². The van der Waals surface area contributed by atoms with Crippen LogP contribution in [0.3, 0.4) is 0 Å². The van der Waals surface area contributed by atoms with Gasteiger partial charge in [0.15, 0.2) is 0 Å². The molecule has 0 saturated heterocycles. The molecule has 0 bridgehead atoms. The Labute approximate surface area is 116 Å². The van der Waals surface area contributed by atoms with Crippen molar-refractivity contribution < 1.29 is 9.90 Å². The summed E-state index contributed by atoms with van der Waals surface area (Å²) in [6.07, 6.45) is 0. The Morgan fingerprint density at radius 3 is 2.53 bits per heavy atom. The Hall–Kier alpha value is -2.00. The molecule has 0 saturated carbocycles. The summed E-state index contributed by atoms with van der Waals surface area (Å²) in [6.45, 7) is 2.30. The predicted octanol–water partition coefficient (Wildman–Crippen LogP) is 3.28. The van der Waals surface area contributed by atoms with Crippen molar-refractivity contribution in [3.8, 4) is 5.75 Å². The molecule has 98 valence electrons. The highest BCUT2D eigenvalue weighted by atomic mass is 35.5. The first-order valence-corrected chi connectivity index (χ1v) is 6.26. The fourth-order valence-corrected chi connectivity index (χ4v) is 1.81. The molecule has 0 atom stereocenters. The lowest BCUT2D eigenvalue weighted by molar-refractivity contribution is 0.0951. The van der Waals surface area contributed by atoms with Crippen LogP contribution >= 0.6 is 11.6 Å². The van der Waals surface area contributed by atoms with Crippen molar-refractivity contribution >= 4 is 17.5 Å². The van der Waals surface area contributed by atoms with E-state index in [9.17, 15) is 4.79 Å². The molecule has 0 heterocycles. The third-order valence-corrected chi connectivity index (χ3v) is 3.23. The Bertz CT molecular complexity index is 594. The van der Waals surface area contributed by atoms with Crippen molar-refractivity contribution in [2.45, 2.75) is 13.5 Å². The van der Waals surface area contributed by atoms with Crippen molar-refractivity contribution in [1.82, 2.24) is 5.32 Å². The zero-order valence-corrected chi connectivity index (χ0v) is 11.2. The van der Waals surface area contributed by atoms with E-state index in [1.165, 1.54) is 0 Å². The number of aromatic hydroxyl groups is 1. The van der Waals surface area contributed by atoms with Gasteiger partial charge in [-0.25, -0.2) is 0 Å². The van der Waals surface area contributed by atoms with Gasteiger partial charge in [-0.15, -0.1) is 0 Å². The lowest BCUT2D eigenvalue weighted by Crippen LogP contribution is -2.22. The van der Waals surface area contributed by atoms with Crippen LogP contribution < -0.4 is 5.32 Å². The van der Waals surface area contributed by atoms with Gasteiger partial charge in [0.2, 0.25) is 0 Å². The van der Waals surface area contributed by atoms with E-state index < -0.39 is 0 Å². The second kappa shape index (κ2) is 5.76. The molecular weight excluding hydrogens is 262 g/mol. The minimum Gasteiger partial charge on any atom is -0.508 e. The lowest BCUT2D eigenvalue weighted by atomic mass is 10.1. The number of hydrogen-bond donors (Lipinski definition) is 2. The van der Waals surface area contributed by atoms with E-state index in [0.29, 0.717) is 17.1 Å². The summed E-state index contributed by atoms with van der Waals surface area (Å²) in [5.74, 6) is 0.0374. The summed E-state index contributed by atoms with van der Waals surface area (Å²) in [7, 11) is 0. The minimum absolute atomic E-state index is 0.171. The topological polar surface area (TPSA) is 49.3 Å². The monoisotopic (exact) mass is 275 g/mol. The quantitative estimate of drug-likeness (QED) is 0.903. The van der Waals surface area contributed by atoms with Gasteiger partial charge in [-0.05, 0) is 42.3 Å². The number of amides is 1. The van der Waals surface area contributed by atoms with Crippen LogP contribution in [0.5, 0.6) is 5.75 Å². The number of phenols is 1. The highest BCUT2D eigenvalue weighted by molar-refractivity contribution is 6.31. The van der Waals surface area contributed by atoms with Crippen molar-refractivity contribution in [2.24, 2.45) is 0 Å². The minimum atomic E-state index is -0.171. The molecule has 1 amide bonds. The molecule has 4 heteroatoms. The summed E-state index contributed by atoms with van der Waals surface area (Å²) in [6, 6.07) is 11.9. The molecule has 3 nitrogen and oxygen atoms in total. The van der Waals surface area contributed by atoms with Gasteiger partial charge in [0, 0.05) is 17.1 Å². The average Bonchev–Trinajstić information content (AvgIpc) is 2.41. The van der Waals surface area contributed by atoms with Crippen molar-refractivity contribution in [3.05, 3.63) is 64.2 Å². The van der Waals surface area contributed by atoms with Crippen molar-refractivity contribution in [2.75, 3.05) is 0 Å². The van der Waals surface area contributed by atoms with Crippen LogP contribution in [0.25, 0.3) is 0 Å². The first-order chi connectivity index (χ1) is 9.06. The molecule has 2 rings (SSSR count). The summed E-state index contributed by atoms with van der Waals surface area (Å²) in [5, 5.41) is 12.5. The largest absolute Gasteiger partial charge is 0.508 e. The van der Waals surface area contributed by atoms with E-state index >= 15 is 0 Å². The number of carbonyl (C=O) groups excluding carboxylic acids is 1. The first-order valence-electron chi connectivity index (χ1n) is 5.88. The second-order valence-corrected chi connectivity index (χ2v) is 4.72. The van der Waals surface area contributed by atoms with E-state index in [0.717, 1.165) is 11.1 Å².